The van der Waals surface area contributed by atoms with E-state index in [1.807, 2.05) is 6.07 Å². The molecule has 9 heteroatoms. The first-order valence-corrected chi connectivity index (χ1v) is 12.5. The summed E-state index contributed by atoms with van der Waals surface area (Å²) >= 11 is 0. The van der Waals surface area contributed by atoms with Gasteiger partial charge in [-0.3, -0.25) is 9.52 Å². The van der Waals surface area contributed by atoms with Crippen molar-refractivity contribution in [2.75, 3.05) is 17.5 Å². The molecule has 2 aliphatic rings. The van der Waals surface area contributed by atoms with Crippen molar-refractivity contribution < 1.29 is 22.0 Å². The molecule has 1 amide bonds. The Morgan fingerprint density at radius 1 is 1.19 bits per heavy atom. The number of nitrogens with zero attached hydrogens (tertiary/aromatic N) is 1. The van der Waals surface area contributed by atoms with E-state index in [0.717, 1.165) is 36.8 Å². The number of nitrogens with one attached hydrogen (secondary N) is 2. The molecule has 1 aromatic carbocycles. The fourth-order valence-electron chi connectivity index (χ4n) is 3.97. The van der Waals surface area contributed by atoms with Crippen molar-refractivity contribution in [1.82, 2.24) is 10.3 Å². The van der Waals surface area contributed by atoms with Crippen LogP contribution in [0.1, 0.15) is 65.9 Å². The second-order valence-corrected chi connectivity index (χ2v) is 10.5. The quantitative estimate of drug-likeness (QED) is 0.544. The van der Waals surface area contributed by atoms with Crippen molar-refractivity contribution in [2.45, 2.75) is 44.4 Å². The van der Waals surface area contributed by atoms with Crippen molar-refractivity contribution in [2.24, 2.45) is 0 Å². The molecule has 0 saturated heterocycles. The van der Waals surface area contributed by atoms with Crippen LogP contribution in [0.15, 0.2) is 28.7 Å². The van der Waals surface area contributed by atoms with E-state index in [1.54, 1.807) is 19.1 Å². The number of anilines is 1. The maximum Gasteiger partial charge on any atom is 0.255 e. The Bertz CT molecular complexity index is 1340. The summed E-state index contributed by atoms with van der Waals surface area (Å²) in [6, 6.07) is 6.75. The second-order valence-electron chi connectivity index (χ2n) is 8.46. The summed E-state index contributed by atoms with van der Waals surface area (Å²) in [5.74, 6) is -0.138. The number of carbonyl (C=O) groups excluding carboxylic acids is 1. The third-order valence-electron chi connectivity index (χ3n) is 6.10. The summed E-state index contributed by atoms with van der Waals surface area (Å²) in [7, 11) is -2.06. The van der Waals surface area contributed by atoms with Gasteiger partial charge < -0.3 is 9.73 Å². The smallest absolute Gasteiger partial charge is 0.255 e. The second kappa shape index (κ2) is 7.58. The average molecular weight is 458 g/mol. The van der Waals surface area contributed by atoms with Gasteiger partial charge in [-0.2, -0.15) is 4.98 Å². The third-order valence-corrected chi connectivity index (χ3v) is 7.37. The van der Waals surface area contributed by atoms with Crippen LogP contribution in [0, 0.1) is 5.82 Å². The number of halogens is 1. The van der Waals surface area contributed by atoms with E-state index in [0.29, 0.717) is 11.3 Å². The lowest BCUT2D eigenvalue weighted by Crippen LogP contribution is -2.19. The summed E-state index contributed by atoms with van der Waals surface area (Å²) in [6.45, 7) is 1.54. The average Bonchev–Trinajstić information content (AvgIpc) is 3.68. The highest BCUT2D eigenvalue weighted by Gasteiger charge is 2.32. The maximum atomic E-state index is 15.1. The molecule has 2 fully saturated rings. The first-order chi connectivity index (χ1) is 15.3. The molecular formula is C23H24FN3O4S. The number of rotatable bonds is 7. The number of pyridine rings is 1. The molecule has 2 heterocycles. The lowest BCUT2D eigenvalue weighted by molar-refractivity contribution is 0.0964. The number of fused-ring (bicyclic) bond motifs is 1. The Morgan fingerprint density at radius 2 is 1.91 bits per heavy atom. The van der Waals surface area contributed by atoms with Crippen LogP contribution in [0.5, 0.6) is 0 Å². The monoisotopic (exact) mass is 457 g/mol. The summed E-state index contributed by atoms with van der Waals surface area (Å²) in [5, 5.41) is 3.03. The van der Waals surface area contributed by atoms with Gasteiger partial charge >= 0.3 is 0 Å². The van der Waals surface area contributed by atoms with Gasteiger partial charge in [-0.25, -0.2) is 12.8 Å². The highest BCUT2D eigenvalue weighted by atomic mass is 32.2. The summed E-state index contributed by atoms with van der Waals surface area (Å²) < 4.78 is 47.9. The SMILES string of the molecule is CCS(=O)(=O)Nc1nc2oc(-c3ccc(C4CC4)cc3F)c(C(=O)NC)c2cc1C1CC1. The predicted molar refractivity (Wildman–Crippen MR) is 120 cm³/mol. The van der Waals surface area contributed by atoms with E-state index < -0.39 is 21.7 Å². The minimum Gasteiger partial charge on any atom is -0.437 e. The fraction of sp³-hybridized carbons (Fsp3) is 0.391. The molecule has 0 bridgehead atoms. The van der Waals surface area contributed by atoms with E-state index in [9.17, 15) is 13.2 Å². The number of amides is 1. The van der Waals surface area contributed by atoms with E-state index in [1.165, 1.54) is 13.1 Å². The van der Waals surface area contributed by atoms with Crippen LogP contribution in [-0.4, -0.2) is 32.1 Å². The largest absolute Gasteiger partial charge is 0.437 e. The molecule has 2 aromatic heterocycles. The molecule has 7 nitrogen and oxygen atoms in total. The normalized spacial score (nSPS) is 16.3. The molecule has 5 rings (SSSR count). The summed E-state index contributed by atoms with van der Waals surface area (Å²) in [4.78, 5) is 17.2. The van der Waals surface area contributed by atoms with Crippen molar-refractivity contribution >= 4 is 32.8 Å². The summed E-state index contributed by atoms with van der Waals surface area (Å²) in [5.41, 5.74) is 2.11. The highest BCUT2D eigenvalue weighted by Crippen LogP contribution is 2.46. The molecule has 3 aromatic rings. The van der Waals surface area contributed by atoms with Gasteiger partial charge in [-0.1, -0.05) is 6.07 Å². The molecular weight excluding hydrogens is 433 g/mol. The number of benzene rings is 1. The van der Waals surface area contributed by atoms with Crippen molar-refractivity contribution in [1.29, 1.82) is 0 Å². The fourth-order valence-corrected chi connectivity index (χ4v) is 4.57. The highest BCUT2D eigenvalue weighted by molar-refractivity contribution is 7.92. The van der Waals surface area contributed by atoms with Gasteiger partial charge in [0, 0.05) is 7.05 Å². The number of carbonyl (C=O) groups is 1. The number of hydrogen-bond acceptors (Lipinski definition) is 5. The van der Waals surface area contributed by atoms with E-state index >= 15 is 4.39 Å². The molecule has 0 unspecified atom stereocenters. The van der Waals surface area contributed by atoms with Crippen LogP contribution in [-0.2, 0) is 10.0 Å². The van der Waals surface area contributed by atoms with Crippen LogP contribution >= 0.6 is 0 Å². The number of hydrogen-bond donors (Lipinski definition) is 2. The van der Waals surface area contributed by atoms with Crippen LogP contribution < -0.4 is 10.0 Å². The first kappa shape index (κ1) is 20.9. The minimum absolute atomic E-state index is 0.0856. The van der Waals surface area contributed by atoms with Gasteiger partial charge in [0.05, 0.1) is 22.3 Å². The Kier molecular flexibility index (Phi) is 4.96. The van der Waals surface area contributed by atoms with Crippen molar-refractivity contribution in [3.8, 4) is 11.3 Å². The number of sulfonamides is 1. The predicted octanol–water partition coefficient (Wildman–Crippen LogP) is 4.51. The first-order valence-electron chi connectivity index (χ1n) is 10.8. The van der Waals surface area contributed by atoms with E-state index in [-0.39, 0.29) is 40.1 Å². The molecule has 0 aliphatic heterocycles. The standard InChI is InChI=1S/C23H24FN3O4S/c1-3-32(29,30)27-21-16(13-6-7-13)11-17-19(22(28)25-2)20(31-23(17)26-21)15-9-8-14(10-18(15)24)12-4-5-12/h8-13H,3-7H2,1-2H3,(H,25,28)(H,26,27). The third kappa shape index (κ3) is 3.74. The van der Waals surface area contributed by atoms with Crippen LogP contribution in [0.3, 0.4) is 0 Å². The van der Waals surface area contributed by atoms with Crippen LogP contribution in [0.25, 0.3) is 22.4 Å². The van der Waals surface area contributed by atoms with Crippen LogP contribution in [0.4, 0.5) is 10.2 Å². The topological polar surface area (TPSA) is 101 Å². The molecule has 2 saturated carbocycles. The van der Waals surface area contributed by atoms with Crippen LogP contribution in [0.2, 0.25) is 0 Å². The maximum absolute atomic E-state index is 15.1. The molecule has 0 radical (unpaired) electrons. The van der Waals surface area contributed by atoms with Gasteiger partial charge in [-0.15, -0.1) is 0 Å². The Balaban J connectivity index is 1.70. The number of aromatic nitrogens is 1. The molecule has 32 heavy (non-hydrogen) atoms. The van der Waals surface area contributed by atoms with E-state index in [2.05, 4.69) is 15.0 Å². The Morgan fingerprint density at radius 3 is 2.50 bits per heavy atom. The summed E-state index contributed by atoms with van der Waals surface area (Å²) in [6.07, 6.45) is 3.92. The van der Waals surface area contributed by atoms with Gasteiger partial charge in [-0.05, 0) is 73.8 Å². The van der Waals surface area contributed by atoms with E-state index in [4.69, 9.17) is 4.42 Å². The molecule has 168 valence electrons. The number of furan rings is 1. The lowest BCUT2D eigenvalue weighted by Gasteiger charge is -2.10. The van der Waals surface area contributed by atoms with Gasteiger partial charge in [0.15, 0.2) is 5.76 Å². The Labute approximate surface area is 185 Å². The minimum atomic E-state index is -3.55. The van der Waals surface area contributed by atoms with Crippen molar-refractivity contribution in [3.05, 3.63) is 46.8 Å². The van der Waals surface area contributed by atoms with Gasteiger partial charge in [0.2, 0.25) is 15.7 Å². The zero-order valence-electron chi connectivity index (χ0n) is 17.9. The molecule has 2 aliphatic carbocycles. The Hall–Kier alpha value is -2.94. The zero-order valence-corrected chi connectivity index (χ0v) is 18.7. The lowest BCUT2D eigenvalue weighted by atomic mass is 10.0. The molecule has 2 N–H and O–H groups in total. The van der Waals surface area contributed by atoms with Gasteiger partial charge in [0.1, 0.15) is 11.6 Å². The molecule has 0 spiro atoms. The zero-order chi connectivity index (χ0) is 22.6. The van der Waals surface area contributed by atoms with Crippen molar-refractivity contribution in [3.63, 3.8) is 0 Å². The van der Waals surface area contributed by atoms with Gasteiger partial charge in [0.25, 0.3) is 5.91 Å². The molecule has 0 atom stereocenters.